The normalized spacial score (nSPS) is 9.44. The molecule has 0 aromatic heterocycles. The Morgan fingerprint density at radius 2 is 1.92 bits per heavy atom. The molecule has 0 amide bonds. The van der Waals surface area contributed by atoms with Gasteiger partial charge in [0, 0.05) is 12.1 Å². The van der Waals surface area contributed by atoms with Crippen LogP contribution in [0.2, 0.25) is 5.02 Å². The van der Waals surface area contributed by atoms with Gasteiger partial charge in [0.2, 0.25) is 5.82 Å². The van der Waals surface area contributed by atoms with Crippen molar-refractivity contribution in [2.24, 2.45) is 0 Å². The number of carboxylic acids is 1. The van der Waals surface area contributed by atoms with Crippen LogP contribution in [0.25, 0.3) is 0 Å². The Hall–Kier alpha value is -2.88. The minimum atomic E-state index is -1.58. The van der Waals surface area contributed by atoms with Crippen LogP contribution in [-0.2, 0) is 14.3 Å². The van der Waals surface area contributed by atoms with Crippen LogP contribution in [0.3, 0.4) is 0 Å². The van der Waals surface area contributed by atoms with Crippen LogP contribution in [0.1, 0.15) is 23.7 Å². The molecule has 1 aromatic carbocycles. The molecular formula is C14H12ClF2NO7. The summed E-state index contributed by atoms with van der Waals surface area (Å²) in [4.78, 5) is 41.4. The monoisotopic (exact) mass is 379 g/mol. The molecule has 0 heterocycles. The third kappa shape index (κ3) is 6.63. The van der Waals surface area contributed by atoms with Crippen LogP contribution in [0.4, 0.5) is 14.5 Å². The van der Waals surface area contributed by atoms with Gasteiger partial charge in [-0.15, -0.1) is 0 Å². The van der Waals surface area contributed by atoms with Gasteiger partial charge >= 0.3 is 17.6 Å². The average Bonchev–Trinajstić information content (AvgIpc) is 2.53. The van der Waals surface area contributed by atoms with Crippen LogP contribution in [0.15, 0.2) is 18.7 Å². The predicted molar refractivity (Wildman–Crippen MR) is 81.4 cm³/mol. The molecule has 0 fully saturated rings. The Labute approximate surface area is 144 Å². The number of benzene rings is 1. The van der Waals surface area contributed by atoms with Gasteiger partial charge in [0.1, 0.15) is 11.4 Å². The molecule has 0 saturated carbocycles. The maximum absolute atomic E-state index is 13.6. The SMILES string of the molecule is C=CC(=O)O.CCOC(=O)CC(=O)c1cc([N+](=O)[O-])c(F)c(Cl)c1F. The van der Waals surface area contributed by atoms with Crippen molar-refractivity contribution in [2.45, 2.75) is 13.3 Å². The number of carbonyl (C=O) groups is 3. The first kappa shape index (κ1) is 22.1. The van der Waals surface area contributed by atoms with Gasteiger partial charge in [-0.05, 0) is 6.92 Å². The Kier molecular flexibility index (Phi) is 8.92. The van der Waals surface area contributed by atoms with Gasteiger partial charge in [0.15, 0.2) is 11.6 Å². The fraction of sp³-hybridized carbons (Fsp3) is 0.214. The van der Waals surface area contributed by atoms with Crippen molar-refractivity contribution in [2.75, 3.05) is 6.61 Å². The number of halogens is 3. The molecule has 0 bridgehead atoms. The van der Waals surface area contributed by atoms with Gasteiger partial charge in [-0.25, -0.2) is 9.18 Å². The number of esters is 1. The van der Waals surface area contributed by atoms with E-state index in [0.717, 1.165) is 6.08 Å². The van der Waals surface area contributed by atoms with E-state index in [0.29, 0.717) is 6.07 Å². The lowest BCUT2D eigenvalue weighted by Gasteiger charge is -2.05. The fourth-order valence-electron chi connectivity index (χ4n) is 1.36. The molecule has 0 radical (unpaired) electrons. The number of ether oxygens (including phenoxy) is 1. The third-order valence-electron chi connectivity index (χ3n) is 2.41. The molecule has 1 aromatic rings. The molecule has 136 valence electrons. The number of ketones is 1. The summed E-state index contributed by atoms with van der Waals surface area (Å²) in [5.41, 5.74) is -1.99. The molecule has 0 aliphatic heterocycles. The number of nitro groups is 1. The van der Waals surface area contributed by atoms with Crippen LogP contribution in [0, 0.1) is 21.7 Å². The van der Waals surface area contributed by atoms with E-state index >= 15 is 0 Å². The number of nitro benzene ring substituents is 1. The van der Waals surface area contributed by atoms with Crippen molar-refractivity contribution in [3.8, 4) is 0 Å². The Morgan fingerprint density at radius 3 is 2.32 bits per heavy atom. The Balaban J connectivity index is 0.00000101. The number of carbonyl (C=O) groups excluding carboxylic acids is 2. The number of hydrogen-bond acceptors (Lipinski definition) is 6. The molecule has 0 unspecified atom stereocenters. The van der Waals surface area contributed by atoms with Gasteiger partial charge in [-0.2, -0.15) is 4.39 Å². The van der Waals surface area contributed by atoms with Crippen LogP contribution in [-0.4, -0.2) is 34.4 Å². The van der Waals surface area contributed by atoms with Crippen molar-refractivity contribution in [1.82, 2.24) is 0 Å². The zero-order chi connectivity index (χ0) is 19.7. The molecule has 11 heteroatoms. The van der Waals surface area contributed by atoms with Crippen molar-refractivity contribution >= 4 is 35.0 Å². The molecule has 25 heavy (non-hydrogen) atoms. The lowest BCUT2D eigenvalue weighted by Crippen LogP contribution is -2.13. The number of aliphatic carboxylic acids is 1. The largest absolute Gasteiger partial charge is 0.478 e. The van der Waals surface area contributed by atoms with E-state index in [1.165, 1.54) is 6.92 Å². The van der Waals surface area contributed by atoms with Crippen LogP contribution in [0.5, 0.6) is 0 Å². The van der Waals surface area contributed by atoms with Crippen LogP contribution >= 0.6 is 11.6 Å². The smallest absolute Gasteiger partial charge is 0.327 e. The van der Waals surface area contributed by atoms with E-state index in [1.54, 1.807) is 0 Å². The third-order valence-corrected chi connectivity index (χ3v) is 2.74. The van der Waals surface area contributed by atoms with Gasteiger partial charge in [0.25, 0.3) is 0 Å². The first-order valence-electron chi connectivity index (χ1n) is 6.42. The highest BCUT2D eigenvalue weighted by molar-refractivity contribution is 6.31. The number of carboxylic acid groups (broad SMARTS) is 1. The molecule has 0 atom stereocenters. The van der Waals surface area contributed by atoms with Crippen molar-refractivity contribution < 1.29 is 37.9 Å². The molecule has 1 rings (SSSR count). The molecule has 0 spiro atoms. The van der Waals surface area contributed by atoms with Crippen molar-refractivity contribution in [3.05, 3.63) is 51.1 Å². The summed E-state index contributed by atoms with van der Waals surface area (Å²) in [6, 6.07) is 0.401. The summed E-state index contributed by atoms with van der Waals surface area (Å²) in [7, 11) is 0. The van der Waals surface area contributed by atoms with E-state index in [2.05, 4.69) is 11.3 Å². The van der Waals surface area contributed by atoms with E-state index in [9.17, 15) is 33.3 Å². The highest BCUT2D eigenvalue weighted by atomic mass is 35.5. The van der Waals surface area contributed by atoms with Crippen molar-refractivity contribution in [3.63, 3.8) is 0 Å². The second-order valence-electron chi connectivity index (χ2n) is 4.09. The standard InChI is InChI=1S/C11H8ClF2NO5.C3H4O2/c1-2-20-8(17)4-7(16)5-3-6(15(18)19)11(14)9(12)10(5)13;1-2-3(4)5/h3H,2,4H2,1H3;2H,1H2,(H,4,5). The lowest BCUT2D eigenvalue weighted by atomic mass is 10.1. The first-order valence-corrected chi connectivity index (χ1v) is 6.80. The van der Waals surface area contributed by atoms with Gasteiger partial charge in [0.05, 0.1) is 17.1 Å². The van der Waals surface area contributed by atoms with Crippen LogP contribution < -0.4 is 0 Å². The second kappa shape index (κ2) is 10.1. The van der Waals surface area contributed by atoms with Gasteiger partial charge in [-0.1, -0.05) is 18.2 Å². The van der Waals surface area contributed by atoms with Gasteiger partial charge in [-0.3, -0.25) is 19.7 Å². The molecule has 0 saturated heterocycles. The minimum absolute atomic E-state index is 0.0128. The van der Waals surface area contributed by atoms with Crippen molar-refractivity contribution in [1.29, 1.82) is 0 Å². The maximum Gasteiger partial charge on any atom is 0.327 e. The fourth-order valence-corrected chi connectivity index (χ4v) is 1.56. The molecule has 8 nitrogen and oxygen atoms in total. The summed E-state index contributed by atoms with van der Waals surface area (Å²) in [6.07, 6.45) is 0.00384. The molecule has 1 N–H and O–H groups in total. The molecule has 0 aliphatic carbocycles. The van der Waals surface area contributed by atoms with E-state index in [4.69, 9.17) is 16.7 Å². The number of rotatable bonds is 6. The summed E-state index contributed by atoms with van der Waals surface area (Å²) < 4.78 is 31.4. The number of nitrogens with zero attached hydrogens (tertiary/aromatic N) is 1. The topological polar surface area (TPSA) is 124 Å². The number of hydrogen-bond donors (Lipinski definition) is 1. The zero-order valence-corrected chi connectivity index (χ0v) is 13.5. The quantitative estimate of drug-likeness (QED) is 0.153. The maximum atomic E-state index is 13.6. The lowest BCUT2D eigenvalue weighted by molar-refractivity contribution is -0.387. The Bertz CT molecular complexity index is 722. The number of Topliss-reactive ketones (excluding diaryl/α,β-unsaturated/α-hetero) is 1. The highest BCUT2D eigenvalue weighted by Crippen LogP contribution is 2.30. The summed E-state index contributed by atoms with van der Waals surface area (Å²) in [6.45, 7) is 4.48. The first-order chi connectivity index (χ1) is 11.6. The zero-order valence-electron chi connectivity index (χ0n) is 12.8. The minimum Gasteiger partial charge on any atom is -0.478 e. The summed E-state index contributed by atoms with van der Waals surface area (Å²) in [5.74, 6) is -6.04. The van der Waals surface area contributed by atoms with E-state index in [-0.39, 0.29) is 6.61 Å². The molecule has 0 aliphatic rings. The summed E-state index contributed by atoms with van der Waals surface area (Å²) in [5, 5.41) is 17.0. The van der Waals surface area contributed by atoms with E-state index in [1.807, 2.05) is 0 Å². The highest BCUT2D eigenvalue weighted by Gasteiger charge is 2.28. The second-order valence-corrected chi connectivity index (χ2v) is 4.47. The average molecular weight is 380 g/mol. The Morgan fingerprint density at radius 1 is 1.40 bits per heavy atom. The van der Waals surface area contributed by atoms with Gasteiger partial charge < -0.3 is 9.84 Å². The predicted octanol–water partition coefficient (Wildman–Crippen LogP) is 2.92. The summed E-state index contributed by atoms with van der Waals surface area (Å²) >= 11 is 5.25. The molecular weight excluding hydrogens is 368 g/mol. The van der Waals surface area contributed by atoms with E-state index < -0.39 is 57.0 Å².